The molecule has 0 aliphatic carbocycles. The molecule has 2 N–H and O–H groups in total. The Morgan fingerprint density at radius 1 is 1.19 bits per heavy atom. The summed E-state index contributed by atoms with van der Waals surface area (Å²) in [6.07, 6.45) is -0.538. The average Bonchev–Trinajstić information content (AvgIpc) is 3.10. The van der Waals surface area contributed by atoms with E-state index >= 15 is 0 Å². The second-order valence-corrected chi connectivity index (χ2v) is 5.46. The molecule has 9 heteroatoms. The predicted octanol–water partition coefficient (Wildman–Crippen LogP) is 4.04. The molecule has 138 valence electrons. The molecule has 0 saturated heterocycles. The second-order valence-electron chi connectivity index (χ2n) is 5.46. The van der Waals surface area contributed by atoms with Gasteiger partial charge < -0.3 is 9.67 Å². The van der Waals surface area contributed by atoms with Gasteiger partial charge in [-0.1, -0.05) is 6.07 Å². The molecule has 0 amide bonds. The number of benzene rings is 1. The van der Waals surface area contributed by atoms with E-state index in [4.69, 9.17) is 5.11 Å². The van der Waals surface area contributed by atoms with Crippen molar-refractivity contribution in [2.75, 3.05) is 5.43 Å². The Hall–Kier alpha value is -3.62. The SMILES string of the molecule is O=C(O)c1cccc(-n2cccc2/C=N/Nc2ccc(C(F)(F)F)cn2)c1. The van der Waals surface area contributed by atoms with Crippen LogP contribution in [-0.2, 0) is 6.18 Å². The number of pyridine rings is 1. The molecule has 0 radical (unpaired) electrons. The van der Waals surface area contributed by atoms with Crippen molar-refractivity contribution in [3.8, 4) is 5.69 Å². The summed E-state index contributed by atoms with van der Waals surface area (Å²) >= 11 is 0. The zero-order valence-corrected chi connectivity index (χ0v) is 13.7. The normalized spacial score (nSPS) is 11.7. The van der Waals surface area contributed by atoms with E-state index in [1.807, 2.05) is 0 Å². The molecule has 0 bridgehead atoms. The predicted molar refractivity (Wildman–Crippen MR) is 93.2 cm³/mol. The van der Waals surface area contributed by atoms with Gasteiger partial charge in [0.05, 0.1) is 23.0 Å². The number of hydrogen-bond donors (Lipinski definition) is 2. The molecule has 0 saturated carbocycles. The fourth-order valence-corrected chi connectivity index (χ4v) is 2.32. The van der Waals surface area contributed by atoms with Crippen LogP contribution < -0.4 is 5.43 Å². The van der Waals surface area contributed by atoms with E-state index in [1.54, 1.807) is 35.0 Å². The van der Waals surface area contributed by atoms with Gasteiger partial charge in [-0.3, -0.25) is 5.43 Å². The summed E-state index contributed by atoms with van der Waals surface area (Å²) in [4.78, 5) is 14.8. The highest BCUT2D eigenvalue weighted by Crippen LogP contribution is 2.28. The number of halogens is 3. The van der Waals surface area contributed by atoms with E-state index < -0.39 is 17.7 Å². The third kappa shape index (κ3) is 4.32. The number of rotatable bonds is 5. The van der Waals surface area contributed by atoms with Crippen molar-refractivity contribution in [2.24, 2.45) is 5.10 Å². The van der Waals surface area contributed by atoms with Gasteiger partial charge in [-0.2, -0.15) is 18.3 Å². The van der Waals surface area contributed by atoms with Gasteiger partial charge >= 0.3 is 12.1 Å². The number of carbonyl (C=O) groups is 1. The zero-order chi connectivity index (χ0) is 19.4. The summed E-state index contributed by atoms with van der Waals surface area (Å²) in [6.45, 7) is 0. The first kappa shape index (κ1) is 18.2. The van der Waals surface area contributed by atoms with Gasteiger partial charge in [0.15, 0.2) is 0 Å². The summed E-state index contributed by atoms with van der Waals surface area (Å²) in [5.74, 6) is -0.875. The van der Waals surface area contributed by atoms with Crippen molar-refractivity contribution in [1.82, 2.24) is 9.55 Å². The minimum Gasteiger partial charge on any atom is -0.478 e. The number of aromatic carboxylic acids is 1. The van der Waals surface area contributed by atoms with Gasteiger partial charge in [0.2, 0.25) is 0 Å². The average molecular weight is 374 g/mol. The molecular formula is C18H13F3N4O2. The molecule has 3 aromatic rings. The summed E-state index contributed by atoms with van der Waals surface area (Å²) in [7, 11) is 0. The van der Waals surface area contributed by atoms with Crippen molar-refractivity contribution < 1.29 is 23.1 Å². The molecule has 1 aromatic carbocycles. The molecule has 0 fully saturated rings. The van der Waals surface area contributed by atoms with Gasteiger partial charge in [-0.25, -0.2) is 9.78 Å². The smallest absolute Gasteiger partial charge is 0.417 e. The third-order valence-corrected chi connectivity index (χ3v) is 3.62. The molecule has 27 heavy (non-hydrogen) atoms. The molecular weight excluding hydrogens is 361 g/mol. The maximum absolute atomic E-state index is 12.5. The van der Waals surface area contributed by atoms with Gasteiger partial charge in [0.25, 0.3) is 0 Å². The topological polar surface area (TPSA) is 79.5 Å². The quantitative estimate of drug-likeness (QED) is 0.522. The number of nitrogens with zero attached hydrogens (tertiary/aromatic N) is 3. The number of carboxylic acid groups (broad SMARTS) is 1. The highest BCUT2D eigenvalue weighted by Gasteiger charge is 2.30. The van der Waals surface area contributed by atoms with Crippen LogP contribution in [0.25, 0.3) is 5.69 Å². The number of hydrogen-bond acceptors (Lipinski definition) is 4. The maximum atomic E-state index is 12.5. The van der Waals surface area contributed by atoms with Crippen LogP contribution in [0.5, 0.6) is 0 Å². The first-order valence-electron chi connectivity index (χ1n) is 7.68. The maximum Gasteiger partial charge on any atom is 0.417 e. The van der Waals surface area contributed by atoms with Crippen LogP contribution in [0.15, 0.2) is 66.0 Å². The Balaban J connectivity index is 1.75. The fourth-order valence-electron chi connectivity index (χ4n) is 2.32. The molecule has 0 spiro atoms. The van der Waals surface area contributed by atoms with E-state index in [0.717, 1.165) is 12.3 Å². The molecule has 3 rings (SSSR count). The van der Waals surface area contributed by atoms with E-state index in [9.17, 15) is 18.0 Å². The molecule has 6 nitrogen and oxygen atoms in total. The van der Waals surface area contributed by atoms with E-state index in [2.05, 4.69) is 15.5 Å². The van der Waals surface area contributed by atoms with E-state index in [0.29, 0.717) is 11.4 Å². The number of carboxylic acids is 1. The number of alkyl halides is 3. The number of aromatic nitrogens is 2. The second kappa shape index (κ2) is 7.32. The van der Waals surface area contributed by atoms with Crippen LogP contribution in [0.3, 0.4) is 0 Å². The van der Waals surface area contributed by atoms with Crippen LogP contribution in [0.4, 0.5) is 19.0 Å². The lowest BCUT2D eigenvalue weighted by atomic mass is 10.2. The van der Waals surface area contributed by atoms with Gasteiger partial charge in [0, 0.05) is 18.1 Å². The first-order chi connectivity index (χ1) is 12.8. The highest BCUT2D eigenvalue weighted by molar-refractivity contribution is 5.88. The summed E-state index contributed by atoms with van der Waals surface area (Å²) < 4.78 is 39.3. The van der Waals surface area contributed by atoms with E-state index in [-0.39, 0.29) is 11.4 Å². The molecule has 2 heterocycles. The highest BCUT2D eigenvalue weighted by atomic mass is 19.4. The number of hydrazone groups is 1. The summed E-state index contributed by atoms with van der Waals surface area (Å²) in [5, 5.41) is 13.1. The number of nitrogens with one attached hydrogen (secondary N) is 1. The Morgan fingerprint density at radius 2 is 2.00 bits per heavy atom. The van der Waals surface area contributed by atoms with Crippen LogP contribution in [0.2, 0.25) is 0 Å². The van der Waals surface area contributed by atoms with Crippen molar-refractivity contribution in [2.45, 2.75) is 6.18 Å². The Morgan fingerprint density at radius 3 is 2.67 bits per heavy atom. The van der Waals surface area contributed by atoms with Crippen molar-refractivity contribution >= 4 is 18.0 Å². The summed E-state index contributed by atoms with van der Waals surface area (Å²) in [6, 6.07) is 12.0. The molecule has 0 atom stereocenters. The minimum absolute atomic E-state index is 0.149. The molecule has 0 aliphatic heterocycles. The molecule has 0 unspecified atom stereocenters. The van der Waals surface area contributed by atoms with Crippen LogP contribution in [0, 0.1) is 0 Å². The molecule has 0 aliphatic rings. The minimum atomic E-state index is -4.44. The van der Waals surface area contributed by atoms with Gasteiger partial charge in [-0.05, 0) is 42.5 Å². The van der Waals surface area contributed by atoms with Crippen LogP contribution >= 0.6 is 0 Å². The number of anilines is 1. The van der Waals surface area contributed by atoms with Crippen molar-refractivity contribution in [3.05, 3.63) is 77.7 Å². The zero-order valence-electron chi connectivity index (χ0n) is 13.7. The molecule has 2 aromatic heterocycles. The van der Waals surface area contributed by atoms with E-state index in [1.165, 1.54) is 24.4 Å². The third-order valence-electron chi connectivity index (χ3n) is 3.62. The van der Waals surface area contributed by atoms with Gasteiger partial charge in [0.1, 0.15) is 5.82 Å². The van der Waals surface area contributed by atoms with Crippen LogP contribution in [-0.4, -0.2) is 26.8 Å². The fraction of sp³-hybridized carbons (Fsp3) is 0.0556. The lowest BCUT2D eigenvalue weighted by Gasteiger charge is -2.08. The van der Waals surface area contributed by atoms with Crippen molar-refractivity contribution in [1.29, 1.82) is 0 Å². The first-order valence-corrected chi connectivity index (χ1v) is 7.68. The monoisotopic (exact) mass is 374 g/mol. The van der Waals surface area contributed by atoms with Gasteiger partial charge in [-0.15, -0.1) is 0 Å². The Bertz CT molecular complexity index is 979. The lowest BCUT2D eigenvalue weighted by Crippen LogP contribution is -2.06. The standard InChI is InChI=1S/C18H13F3N4O2/c19-18(20,21)13-6-7-16(22-10-13)24-23-11-15-5-2-8-25(15)14-4-1-3-12(9-14)17(26)27/h1-11H,(H,22,24)(H,26,27)/b23-11+. The Kier molecular flexibility index (Phi) is 4.93. The van der Waals surface area contributed by atoms with Crippen molar-refractivity contribution in [3.63, 3.8) is 0 Å². The largest absolute Gasteiger partial charge is 0.478 e. The Labute approximate surface area is 151 Å². The van der Waals surface area contributed by atoms with Crippen LogP contribution in [0.1, 0.15) is 21.6 Å². The summed E-state index contributed by atoms with van der Waals surface area (Å²) in [5.41, 5.74) is 3.13. The lowest BCUT2D eigenvalue weighted by molar-refractivity contribution is -0.137.